The number of carbonyl (C=O) groups excluding carboxylic acids is 1. The highest BCUT2D eigenvalue weighted by Crippen LogP contribution is 2.40. The van der Waals surface area contributed by atoms with Gasteiger partial charge < -0.3 is 10.4 Å². The van der Waals surface area contributed by atoms with E-state index in [-0.39, 0.29) is 17.7 Å². The fraction of sp³-hybridized carbons (Fsp3) is 0.875. The molecule has 2 N–H and O–H groups in total. The van der Waals surface area contributed by atoms with Gasteiger partial charge in [-0.2, -0.15) is 0 Å². The number of carboxylic acids is 1. The zero-order valence-corrected chi connectivity index (χ0v) is 12.5. The summed E-state index contributed by atoms with van der Waals surface area (Å²) in [5, 5.41) is 12.1. The molecule has 0 aliphatic heterocycles. The number of rotatable bonds is 5. The van der Waals surface area contributed by atoms with E-state index in [9.17, 15) is 9.59 Å². The van der Waals surface area contributed by atoms with Gasteiger partial charge in [0.05, 0.1) is 5.92 Å². The first-order valence-electron chi connectivity index (χ1n) is 8.07. The molecule has 20 heavy (non-hydrogen) atoms. The van der Waals surface area contributed by atoms with E-state index in [1.165, 1.54) is 25.7 Å². The molecular formula is C16H27NO3. The summed E-state index contributed by atoms with van der Waals surface area (Å²) in [6, 6.07) is 0. The molecule has 114 valence electrons. The summed E-state index contributed by atoms with van der Waals surface area (Å²) in [4.78, 5) is 23.1. The van der Waals surface area contributed by atoms with Crippen LogP contribution in [0.2, 0.25) is 0 Å². The molecule has 0 spiro atoms. The minimum atomic E-state index is -0.709. The second-order valence-corrected chi connectivity index (χ2v) is 6.67. The Morgan fingerprint density at radius 1 is 1.10 bits per heavy atom. The number of nitrogens with one attached hydrogen (secondary N) is 1. The van der Waals surface area contributed by atoms with Gasteiger partial charge in [-0.05, 0) is 50.4 Å². The third-order valence-corrected chi connectivity index (χ3v) is 5.50. The Morgan fingerprint density at radius 2 is 1.65 bits per heavy atom. The van der Waals surface area contributed by atoms with Crippen molar-refractivity contribution in [2.45, 2.75) is 64.7 Å². The summed E-state index contributed by atoms with van der Waals surface area (Å²) in [6.07, 6.45) is 8.91. The van der Waals surface area contributed by atoms with Gasteiger partial charge in [-0.25, -0.2) is 0 Å². The Bertz CT molecular complexity index is 353. The predicted molar refractivity (Wildman–Crippen MR) is 77.3 cm³/mol. The molecule has 0 unspecified atom stereocenters. The number of carboxylic acid groups (broad SMARTS) is 1. The molecule has 2 fully saturated rings. The lowest BCUT2D eigenvalue weighted by Crippen LogP contribution is -2.40. The maximum Gasteiger partial charge on any atom is 0.306 e. The molecule has 0 aromatic carbocycles. The summed E-state index contributed by atoms with van der Waals surface area (Å²) in [6.45, 7) is 3.02. The third kappa shape index (κ3) is 3.53. The smallest absolute Gasteiger partial charge is 0.306 e. The van der Waals surface area contributed by atoms with Crippen LogP contribution in [0, 0.1) is 17.3 Å². The monoisotopic (exact) mass is 281 g/mol. The van der Waals surface area contributed by atoms with E-state index < -0.39 is 5.97 Å². The van der Waals surface area contributed by atoms with Crippen LogP contribution in [0.1, 0.15) is 64.7 Å². The summed E-state index contributed by atoms with van der Waals surface area (Å²) in [5.74, 6) is -0.773. The molecule has 0 aromatic rings. The average Bonchev–Trinajstić information content (AvgIpc) is 2.94. The first kappa shape index (κ1) is 15.3. The van der Waals surface area contributed by atoms with Gasteiger partial charge >= 0.3 is 5.97 Å². The SMILES string of the molecule is CCC1(CNC(=O)C2CCC(C(=O)O)CC2)CCCC1. The minimum absolute atomic E-state index is 0.0286. The molecule has 0 saturated heterocycles. The molecule has 0 aromatic heterocycles. The second kappa shape index (κ2) is 6.59. The van der Waals surface area contributed by atoms with Crippen molar-refractivity contribution in [3.8, 4) is 0 Å². The van der Waals surface area contributed by atoms with Crippen molar-refractivity contribution in [3.05, 3.63) is 0 Å². The van der Waals surface area contributed by atoms with Gasteiger partial charge in [0.25, 0.3) is 0 Å². The van der Waals surface area contributed by atoms with Gasteiger partial charge in [0.1, 0.15) is 0 Å². The van der Waals surface area contributed by atoms with Gasteiger partial charge in [-0.15, -0.1) is 0 Å². The zero-order valence-electron chi connectivity index (χ0n) is 12.5. The van der Waals surface area contributed by atoms with Crippen LogP contribution in [0.15, 0.2) is 0 Å². The first-order valence-corrected chi connectivity index (χ1v) is 8.07. The van der Waals surface area contributed by atoms with Crippen LogP contribution < -0.4 is 5.32 Å². The Balaban J connectivity index is 1.77. The van der Waals surface area contributed by atoms with Crippen LogP contribution in [0.4, 0.5) is 0 Å². The zero-order chi connectivity index (χ0) is 14.6. The van der Waals surface area contributed by atoms with E-state index in [0.717, 1.165) is 25.8 Å². The molecule has 0 bridgehead atoms. The molecule has 0 atom stereocenters. The molecule has 1 amide bonds. The Hall–Kier alpha value is -1.06. The molecule has 2 rings (SSSR count). The van der Waals surface area contributed by atoms with Crippen LogP contribution in [0.5, 0.6) is 0 Å². The van der Waals surface area contributed by atoms with E-state index >= 15 is 0 Å². The van der Waals surface area contributed by atoms with Crippen molar-refractivity contribution in [2.75, 3.05) is 6.54 Å². The third-order valence-electron chi connectivity index (χ3n) is 5.50. The molecule has 4 nitrogen and oxygen atoms in total. The van der Waals surface area contributed by atoms with Crippen molar-refractivity contribution in [2.24, 2.45) is 17.3 Å². The molecule has 2 aliphatic carbocycles. The van der Waals surface area contributed by atoms with Crippen LogP contribution >= 0.6 is 0 Å². The number of amides is 1. The summed E-state index contributed by atoms with van der Waals surface area (Å²) >= 11 is 0. The van der Waals surface area contributed by atoms with Gasteiger partial charge in [-0.3, -0.25) is 9.59 Å². The fourth-order valence-corrected chi connectivity index (χ4v) is 3.80. The van der Waals surface area contributed by atoms with Gasteiger partial charge in [0.15, 0.2) is 0 Å². The topological polar surface area (TPSA) is 66.4 Å². The molecule has 0 radical (unpaired) electrons. The molecule has 2 saturated carbocycles. The highest BCUT2D eigenvalue weighted by atomic mass is 16.4. The molecule has 4 heteroatoms. The average molecular weight is 281 g/mol. The maximum absolute atomic E-state index is 12.2. The number of hydrogen-bond acceptors (Lipinski definition) is 2. The molecule has 0 heterocycles. The summed E-state index contributed by atoms with van der Waals surface area (Å²) in [5.41, 5.74) is 0.327. The largest absolute Gasteiger partial charge is 0.481 e. The van der Waals surface area contributed by atoms with Gasteiger partial charge in [0, 0.05) is 12.5 Å². The minimum Gasteiger partial charge on any atom is -0.481 e. The number of hydrogen-bond donors (Lipinski definition) is 2. The standard InChI is InChI=1S/C16H27NO3/c1-2-16(9-3-4-10-16)11-17-14(18)12-5-7-13(8-6-12)15(19)20/h12-13H,2-11H2,1H3,(H,17,18)(H,19,20). The highest BCUT2D eigenvalue weighted by molar-refractivity contribution is 5.79. The quantitative estimate of drug-likeness (QED) is 0.814. The number of carbonyl (C=O) groups is 2. The van der Waals surface area contributed by atoms with Gasteiger partial charge in [-0.1, -0.05) is 19.8 Å². The fourth-order valence-electron chi connectivity index (χ4n) is 3.80. The molecular weight excluding hydrogens is 254 g/mol. The lowest BCUT2D eigenvalue weighted by Gasteiger charge is -2.30. The van der Waals surface area contributed by atoms with Crippen molar-refractivity contribution < 1.29 is 14.7 Å². The van der Waals surface area contributed by atoms with Crippen molar-refractivity contribution in [3.63, 3.8) is 0 Å². The van der Waals surface area contributed by atoms with E-state index in [0.29, 0.717) is 18.3 Å². The number of aliphatic carboxylic acids is 1. The summed E-state index contributed by atoms with van der Waals surface area (Å²) in [7, 11) is 0. The highest BCUT2D eigenvalue weighted by Gasteiger charge is 2.34. The summed E-state index contributed by atoms with van der Waals surface area (Å²) < 4.78 is 0. The Labute approximate surface area is 121 Å². The normalized spacial score (nSPS) is 29.1. The van der Waals surface area contributed by atoms with Crippen LogP contribution in [-0.2, 0) is 9.59 Å². The van der Waals surface area contributed by atoms with E-state index in [1.54, 1.807) is 0 Å². The van der Waals surface area contributed by atoms with Crippen LogP contribution in [-0.4, -0.2) is 23.5 Å². The molecule has 2 aliphatic rings. The van der Waals surface area contributed by atoms with E-state index in [4.69, 9.17) is 5.11 Å². The van der Waals surface area contributed by atoms with Crippen LogP contribution in [0.25, 0.3) is 0 Å². The van der Waals surface area contributed by atoms with Crippen molar-refractivity contribution in [1.82, 2.24) is 5.32 Å². The lowest BCUT2D eigenvalue weighted by atomic mass is 9.80. The van der Waals surface area contributed by atoms with Crippen LogP contribution in [0.3, 0.4) is 0 Å². The van der Waals surface area contributed by atoms with Gasteiger partial charge in [0.2, 0.25) is 5.91 Å². The van der Waals surface area contributed by atoms with E-state index in [1.807, 2.05) is 0 Å². The lowest BCUT2D eigenvalue weighted by molar-refractivity contribution is -0.144. The van der Waals surface area contributed by atoms with Crippen molar-refractivity contribution in [1.29, 1.82) is 0 Å². The Morgan fingerprint density at radius 3 is 2.15 bits per heavy atom. The predicted octanol–water partition coefficient (Wildman–Crippen LogP) is 2.96. The first-order chi connectivity index (χ1) is 9.56. The Kier molecular flexibility index (Phi) is 5.06. The van der Waals surface area contributed by atoms with E-state index in [2.05, 4.69) is 12.2 Å². The second-order valence-electron chi connectivity index (χ2n) is 6.67. The van der Waals surface area contributed by atoms with Crippen molar-refractivity contribution >= 4 is 11.9 Å². The maximum atomic E-state index is 12.2.